The summed E-state index contributed by atoms with van der Waals surface area (Å²) in [6.07, 6.45) is 0. The van der Waals surface area contributed by atoms with Gasteiger partial charge in [0.05, 0.1) is 0 Å². The smallest absolute Gasteiger partial charge is 0 e. The van der Waals surface area contributed by atoms with Crippen LogP contribution < -0.4 is 0 Å². The Balaban J connectivity index is 0. The molecule has 0 saturated heterocycles. The van der Waals surface area contributed by atoms with Gasteiger partial charge < -0.3 is 0 Å². The number of carboxylic acid groups (broad SMARTS) is 1. The van der Waals surface area contributed by atoms with Crippen molar-refractivity contribution in [2.24, 2.45) is 0 Å². The van der Waals surface area contributed by atoms with Gasteiger partial charge in [-0.2, -0.15) is 0 Å². The molecule has 5 heteroatoms. The maximum absolute atomic E-state index is 9.53. The minimum Gasteiger partial charge on any atom is 0 e. The summed E-state index contributed by atoms with van der Waals surface area (Å²) in [5, 5.41) is 7.84. The first-order chi connectivity index (χ1) is 2.77. The van der Waals surface area contributed by atoms with Gasteiger partial charge in [-0.1, -0.05) is 0 Å². The Bertz CT molecular complexity index is 59.7. The zero-order valence-corrected chi connectivity index (χ0v) is 8.74. The molecule has 0 fully saturated rings. The number of halogens is 1. The Morgan fingerprint density at radius 2 is 2.29 bits per heavy atom. The molecule has 0 aliphatic heterocycles. The third kappa shape index (κ3) is 11.0. The molecule has 1 N–H and O–H groups in total. The summed E-state index contributed by atoms with van der Waals surface area (Å²) < 4.78 is 0. The number of carboxylic acids is 1. The summed E-state index contributed by atoms with van der Waals surface area (Å²) >= 11 is -0.144. The van der Waals surface area contributed by atoms with Crippen LogP contribution >= 0.6 is 9.53 Å². The fraction of sp³-hybridized carbons (Fsp3) is 0.500. The largest absolute Gasteiger partial charge is 0 e. The van der Waals surface area contributed by atoms with E-state index >= 15 is 0 Å². The zero-order chi connectivity index (χ0) is 4.99. The van der Waals surface area contributed by atoms with Crippen LogP contribution in [0.25, 0.3) is 0 Å². The number of hydrogen-bond donors (Lipinski definition) is 1. The molecular weight excluding hydrogens is 263 g/mol. The van der Waals surface area contributed by atoms with Crippen molar-refractivity contribution in [2.45, 2.75) is 4.89 Å². The van der Waals surface area contributed by atoms with Gasteiger partial charge in [-0.25, -0.2) is 0 Å². The minimum atomic E-state index is -0.820. The van der Waals surface area contributed by atoms with Crippen molar-refractivity contribution in [2.75, 3.05) is 0 Å². The summed E-state index contributed by atoms with van der Waals surface area (Å²) in [4.78, 5) is 9.63. The predicted octanol–water partition coefficient (Wildman–Crippen LogP) is 0.723. The topological polar surface area (TPSA) is 37.3 Å². The van der Waals surface area contributed by atoms with Gasteiger partial charge in [-0.15, -0.1) is 0 Å². The van der Waals surface area contributed by atoms with E-state index in [-0.39, 0.29) is 41.3 Å². The van der Waals surface area contributed by atoms with Gasteiger partial charge in [-0.05, 0) is 0 Å². The summed E-state index contributed by atoms with van der Waals surface area (Å²) in [7, 11) is 5.07. The zero-order valence-electron chi connectivity index (χ0n) is 3.46. The third-order valence-electron chi connectivity index (χ3n) is 0.138. The van der Waals surface area contributed by atoms with E-state index in [0.717, 1.165) is 0 Å². The van der Waals surface area contributed by atoms with Gasteiger partial charge in [-0.3, -0.25) is 0 Å². The van der Waals surface area contributed by atoms with Crippen LogP contribution in [0.5, 0.6) is 0 Å². The molecule has 0 atom stereocenters. The second-order valence-corrected chi connectivity index (χ2v) is 2.56. The van der Waals surface area contributed by atoms with Gasteiger partial charge >= 0.3 is 47.3 Å². The second-order valence-electron chi connectivity index (χ2n) is 0.590. The van der Waals surface area contributed by atoms with Crippen molar-refractivity contribution < 1.29 is 46.3 Å². The second kappa shape index (κ2) is 7.05. The molecule has 0 spiro atoms. The average molecular weight is 266 g/mol. The van der Waals surface area contributed by atoms with E-state index in [1.807, 2.05) is 0 Å². The summed E-state index contributed by atoms with van der Waals surface area (Å²) in [6.45, 7) is 0. The van der Waals surface area contributed by atoms with Crippen LogP contribution in [0, 0.1) is 0 Å². The standard InChI is InChI=1S/C2H3O2.ClH.Pd.Zn/c1-2(3)4;;;/h1H2,(H,3,4);1H;;/q;;+1;/p-1. The number of carbonyl (C=O) groups is 1. The van der Waals surface area contributed by atoms with Crippen LogP contribution in [-0.2, 0) is 41.2 Å². The van der Waals surface area contributed by atoms with E-state index < -0.39 is 5.97 Å². The van der Waals surface area contributed by atoms with Crippen LogP contribution in [0.15, 0.2) is 0 Å². The van der Waals surface area contributed by atoms with E-state index in [1.54, 1.807) is 0 Å². The minimum absolute atomic E-state index is 0. The quantitative estimate of drug-likeness (QED) is 0.748. The van der Waals surface area contributed by atoms with E-state index in [4.69, 9.17) is 14.6 Å². The molecule has 0 amide bonds. The van der Waals surface area contributed by atoms with E-state index in [1.165, 1.54) is 0 Å². The molecule has 0 saturated carbocycles. The molecular formula is C2H3ClO2PdZn. The van der Waals surface area contributed by atoms with Gasteiger partial charge in [0, 0.05) is 19.5 Å². The summed E-state index contributed by atoms with van der Waals surface area (Å²) in [5.41, 5.74) is 0. The number of hydrogen-bond acceptors (Lipinski definition) is 1. The number of rotatable bonds is 2. The molecule has 42 valence electrons. The van der Waals surface area contributed by atoms with Crippen molar-refractivity contribution in [3.8, 4) is 0 Å². The molecule has 0 aromatic carbocycles. The van der Waals surface area contributed by atoms with Crippen LogP contribution in [0.4, 0.5) is 0 Å². The Labute approximate surface area is 66.5 Å². The molecule has 0 bridgehead atoms. The van der Waals surface area contributed by atoms with Crippen LogP contribution in [0.3, 0.4) is 0 Å². The fourth-order valence-electron chi connectivity index (χ4n) is 0.0361. The first-order valence-corrected chi connectivity index (χ1v) is 4.23. The van der Waals surface area contributed by atoms with E-state index in [0.29, 0.717) is 0 Å². The Morgan fingerprint density at radius 3 is 2.29 bits per heavy atom. The Hall–Kier alpha value is 1.05. The molecule has 0 aromatic heterocycles. The van der Waals surface area contributed by atoms with Crippen LogP contribution in [0.2, 0.25) is 4.89 Å². The predicted molar refractivity (Wildman–Crippen MR) is 18.3 cm³/mol. The molecule has 0 unspecified atom stereocenters. The van der Waals surface area contributed by atoms with Gasteiger partial charge in [0.25, 0.3) is 0 Å². The van der Waals surface area contributed by atoms with Gasteiger partial charge in [0.15, 0.2) is 0 Å². The molecule has 0 aliphatic rings. The first kappa shape index (κ1) is 10.9. The third-order valence-corrected chi connectivity index (χ3v) is 1.32. The summed E-state index contributed by atoms with van der Waals surface area (Å²) in [5.74, 6) is -0.820. The van der Waals surface area contributed by atoms with Crippen molar-refractivity contribution in [3.05, 3.63) is 0 Å². The average Bonchev–Trinajstić information content (AvgIpc) is 1.35. The monoisotopic (exact) mass is 264 g/mol. The Morgan fingerprint density at radius 1 is 1.86 bits per heavy atom. The summed E-state index contributed by atoms with van der Waals surface area (Å²) in [6, 6.07) is 0. The molecule has 0 aromatic rings. The Kier molecular flexibility index (Phi) is 11.0. The maximum Gasteiger partial charge on any atom is 0 e. The van der Waals surface area contributed by atoms with Gasteiger partial charge in [0.1, 0.15) is 0 Å². The van der Waals surface area contributed by atoms with E-state index in [2.05, 4.69) is 0 Å². The van der Waals surface area contributed by atoms with Gasteiger partial charge in [0.2, 0.25) is 0 Å². The van der Waals surface area contributed by atoms with Crippen molar-refractivity contribution in [3.63, 3.8) is 0 Å². The molecule has 0 aliphatic carbocycles. The normalized spacial score (nSPS) is 7.57. The molecule has 0 radical (unpaired) electrons. The molecule has 7 heavy (non-hydrogen) atoms. The number of aliphatic carboxylic acids is 1. The molecule has 0 heterocycles. The molecule has 2 nitrogen and oxygen atoms in total. The maximum atomic E-state index is 9.53. The van der Waals surface area contributed by atoms with Crippen LogP contribution in [-0.4, -0.2) is 11.1 Å². The van der Waals surface area contributed by atoms with E-state index in [9.17, 15) is 4.79 Å². The SMILES string of the molecule is O=C(O)[CH2][Pd][Cl].[Zn]. The first-order valence-electron chi connectivity index (χ1n) is 1.12. The molecule has 0 rings (SSSR count). The van der Waals surface area contributed by atoms with Crippen molar-refractivity contribution >= 4 is 15.5 Å². The van der Waals surface area contributed by atoms with Crippen LogP contribution in [0.1, 0.15) is 0 Å². The fourth-order valence-corrected chi connectivity index (χ4v) is 0.642. The van der Waals surface area contributed by atoms with Crippen molar-refractivity contribution in [1.82, 2.24) is 0 Å². The van der Waals surface area contributed by atoms with Crippen molar-refractivity contribution in [1.29, 1.82) is 0 Å².